The third kappa shape index (κ3) is 5.83. The summed E-state index contributed by atoms with van der Waals surface area (Å²) in [6, 6.07) is 7.39. The van der Waals surface area contributed by atoms with E-state index in [1.165, 1.54) is 0 Å². The van der Waals surface area contributed by atoms with Crippen molar-refractivity contribution in [1.82, 2.24) is 25.4 Å². The smallest absolute Gasteiger partial charge is 0.207 e. The standard InChI is InChI=1S/C27H34N8O3/c1-17-11-32-33-18(2)22(17)15-38-25-9-21(23(28)10-24(25)37-4)27(29)19-5-6-26(31-12-19)35-8-7-34(3)20(14-35)13-30-16-36/h5-6,9-12,16,20,29H,7-8,13-15,28H2,1-4H3,(H,30,36). The van der Waals surface area contributed by atoms with Crippen LogP contribution in [0.3, 0.4) is 0 Å². The maximum Gasteiger partial charge on any atom is 0.207 e. The van der Waals surface area contributed by atoms with Crippen molar-refractivity contribution in [2.24, 2.45) is 0 Å². The Kier molecular flexibility index (Phi) is 8.37. The molecule has 3 heterocycles. The van der Waals surface area contributed by atoms with Crippen molar-refractivity contribution >= 4 is 23.6 Å². The van der Waals surface area contributed by atoms with Crippen LogP contribution in [0.25, 0.3) is 0 Å². The molecule has 200 valence electrons. The molecule has 1 amide bonds. The van der Waals surface area contributed by atoms with Gasteiger partial charge in [0.2, 0.25) is 6.41 Å². The first-order valence-corrected chi connectivity index (χ1v) is 12.4. The van der Waals surface area contributed by atoms with Crippen LogP contribution in [0.2, 0.25) is 0 Å². The van der Waals surface area contributed by atoms with Gasteiger partial charge in [-0.15, -0.1) is 0 Å². The molecule has 38 heavy (non-hydrogen) atoms. The molecular formula is C27H34N8O3. The van der Waals surface area contributed by atoms with Gasteiger partial charge in [0.15, 0.2) is 11.5 Å². The average Bonchev–Trinajstić information content (AvgIpc) is 2.92. The fourth-order valence-electron chi connectivity index (χ4n) is 4.49. The molecule has 4 rings (SSSR count). The van der Waals surface area contributed by atoms with Crippen molar-refractivity contribution in [3.8, 4) is 11.5 Å². The van der Waals surface area contributed by atoms with Crippen LogP contribution in [0.5, 0.6) is 11.5 Å². The second-order valence-corrected chi connectivity index (χ2v) is 9.36. The van der Waals surface area contributed by atoms with Crippen LogP contribution in [0.4, 0.5) is 11.5 Å². The maximum absolute atomic E-state index is 10.7. The summed E-state index contributed by atoms with van der Waals surface area (Å²) in [6.07, 6.45) is 4.12. The van der Waals surface area contributed by atoms with Crippen LogP contribution in [0, 0.1) is 19.3 Å². The summed E-state index contributed by atoms with van der Waals surface area (Å²) in [5, 5.41) is 19.7. The summed E-state index contributed by atoms with van der Waals surface area (Å²) < 4.78 is 11.6. The molecular weight excluding hydrogens is 484 g/mol. The van der Waals surface area contributed by atoms with Crippen molar-refractivity contribution in [3.63, 3.8) is 0 Å². The van der Waals surface area contributed by atoms with E-state index in [1.807, 2.05) is 26.0 Å². The Labute approximate surface area is 222 Å². The number of rotatable bonds is 10. The molecule has 1 aromatic carbocycles. The van der Waals surface area contributed by atoms with Crippen molar-refractivity contribution in [2.75, 3.05) is 51.0 Å². The number of nitrogens with two attached hydrogens (primary N) is 1. The number of amides is 1. The van der Waals surface area contributed by atoms with Gasteiger partial charge in [0.25, 0.3) is 0 Å². The Balaban J connectivity index is 1.52. The fraction of sp³-hybridized carbons (Fsp3) is 0.370. The summed E-state index contributed by atoms with van der Waals surface area (Å²) in [4.78, 5) is 19.8. The average molecular weight is 519 g/mol. The summed E-state index contributed by atoms with van der Waals surface area (Å²) in [7, 11) is 3.61. The number of nitrogens with zero attached hydrogens (tertiary/aromatic N) is 5. The maximum atomic E-state index is 10.7. The van der Waals surface area contributed by atoms with Gasteiger partial charge < -0.3 is 25.4 Å². The van der Waals surface area contributed by atoms with Crippen LogP contribution >= 0.6 is 0 Å². The molecule has 0 aliphatic carbocycles. The molecule has 11 heteroatoms. The Morgan fingerprint density at radius 3 is 2.74 bits per heavy atom. The summed E-state index contributed by atoms with van der Waals surface area (Å²) in [6.45, 7) is 7.16. The number of hydrogen-bond acceptors (Lipinski definition) is 10. The second-order valence-electron chi connectivity index (χ2n) is 9.36. The zero-order valence-electron chi connectivity index (χ0n) is 22.2. The number of hydrogen-bond donors (Lipinski definition) is 3. The van der Waals surface area contributed by atoms with E-state index in [9.17, 15) is 4.79 Å². The van der Waals surface area contributed by atoms with Crippen molar-refractivity contribution < 1.29 is 14.3 Å². The third-order valence-electron chi connectivity index (χ3n) is 6.92. The molecule has 0 saturated carbocycles. The number of methoxy groups -OCH3 is 1. The normalized spacial score (nSPS) is 15.7. The van der Waals surface area contributed by atoms with Gasteiger partial charge in [-0.1, -0.05) is 0 Å². The summed E-state index contributed by atoms with van der Waals surface area (Å²) >= 11 is 0. The lowest BCUT2D eigenvalue weighted by Crippen LogP contribution is -2.55. The Morgan fingerprint density at radius 1 is 1.24 bits per heavy atom. The van der Waals surface area contributed by atoms with E-state index >= 15 is 0 Å². The van der Waals surface area contributed by atoms with E-state index in [4.69, 9.17) is 20.6 Å². The quantitative estimate of drug-likeness (QED) is 0.208. The molecule has 1 fully saturated rings. The number of carbonyl (C=O) groups excluding carboxylic acids is 1. The lowest BCUT2D eigenvalue weighted by molar-refractivity contribution is -0.109. The van der Waals surface area contributed by atoms with E-state index in [1.54, 1.807) is 31.6 Å². The molecule has 4 N–H and O–H groups in total. The van der Waals surface area contributed by atoms with Gasteiger partial charge in [0.1, 0.15) is 12.4 Å². The molecule has 11 nitrogen and oxygen atoms in total. The van der Waals surface area contributed by atoms with E-state index < -0.39 is 0 Å². The fourth-order valence-corrected chi connectivity index (χ4v) is 4.49. The van der Waals surface area contributed by atoms with E-state index in [2.05, 4.69) is 37.3 Å². The molecule has 1 aliphatic rings. The highest BCUT2D eigenvalue weighted by molar-refractivity contribution is 6.14. The third-order valence-corrected chi connectivity index (χ3v) is 6.92. The van der Waals surface area contributed by atoms with Crippen LogP contribution in [-0.4, -0.2) is 78.6 Å². The summed E-state index contributed by atoms with van der Waals surface area (Å²) in [5.74, 6) is 1.79. The van der Waals surface area contributed by atoms with Crippen LogP contribution in [-0.2, 0) is 11.4 Å². The first kappa shape index (κ1) is 26.8. The Bertz CT molecular complexity index is 1280. The lowest BCUT2D eigenvalue weighted by atomic mass is 10.0. The topological polar surface area (TPSA) is 143 Å². The van der Waals surface area contributed by atoms with Crippen molar-refractivity contribution in [1.29, 1.82) is 5.41 Å². The van der Waals surface area contributed by atoms with Crippen molar-refractivity contribution in [2.45, 2.75) is 26.5 Å². The molecule has 3 aromatic rings. The number of pyridine rings is 1. The zero-order valence-corrected chi connectivity index (χ0v) is 22.2. The largest absolute Gasteiger partial charge is 0.493 e. The number of ether oxygens (including phenoxy) is 2. The highest BCUT2D eigenvalue weighted by atomic mass is 16.5. The number of aromatic nitrogens is 3. The van der Waals surface area contributed by atoms with E-state index in [-0.39, 0.29) is 18.4 Å². The highest BCUT2D eigenvalue weighted by Crippen LogP contribution is 2.34. The van der Waals surface area contributed by atoms with Gasteiger partial charge >= 0.3 is 0 Å². The van der Waals surface area contributed by atoms with Gasteiger partial charge in [0.05, 0.1) is 24.7 Å². The number of piperazine rings is 1. The van der Waals surface area contributed by atoms with Gasteiger partial charge in [0, 0.05) is 66.9 Å². The van der Waals surface area contributed by atoms with Crippen LogP contribution in [0.1, 0.15) is 27.9 Å². The molecule has 0 bridgehead atoms. The van der Waals surface area contributed by atoms with Gasteiger partial charge in [-0.3, -0.25) is 15.1 Å². The Hall–Kier alpha value is -4.25. The minimum Gasteiger partial charge on any atom is -0.493 e. The molecule has 2 aromatic heterocycles. The zero-order chi connectivity index (χ0) is 27.2. The van der Waals surface area contributed by atoms with Crippen LogP contribution < -0.4 is 25.4 Å². The Morgan fingerprint density at radius 2 is 2.05 bits per heavy atom. The van der Waals surface area contributed by atoms with Crippen molar-refractivity contribution in [3.05, 3.63) is 64.6 Å². The van der Waals surface area contributed by atoms with E-state index in [0.29, 0.717) is 34.9 Å². The predicted octanol–water partition coefficient (Wildman–Crippen LogP) is 1.94. The number of benzene rings is 1. The number of likely N-dealkylation sites (N-methyl/N-ethyl adjacent to an activating group) is 1. The second kappa shape index (κ2) is 11.9. The summed E-state index contributed by atoms with van der Waals surface area (Å²) in [5.41, 5.74) is 10.8. The minimum atomic E-state index is 0.196. The number of carbonyl (C=O) groups is 1. The number of nitrogen functional groups attached to an aromatic ring is 1. The number of nitrogens with one attached hydrogen (secondary N) is 2. The van der Waals surface area contributed by atoms with Gasteiger partial charge in [-0.25, -0.2) is 4.98 Å². The first-order chi connectivity index (χ1) is 18.3. The molecule has 1 atom stereocenters. The monoisotopic (exact) mass is 518 g/mol. The van der Waals surface area contributed by atoms with Gasteiger partial charge in [-0.05, 0) is 44.7 Å². The molecule has 0 spiro atoms. The van der Waals surface area contributed by atoms with Gasteiger partial charge in [-0.2, -0.15) is 10.2 Å². The van der Waals surface area contributed by atoms with E-state index in [0.717, 1.165) is 48.7 Å². The first-order valence-electron chi connectivity index (χ1n) is 12.4. The number of aryl methyl sites for hydroxylation is 2. The molecule has 1 unspecified atom stereocenters. The molecule has 1 aliphatic heterocycles. The minimum absolute atomic E-state index is 0.196. The highest BCUT2D eigenvalue weighted by Gasteiger charge is 2.25. The number of anilines is 2. The molecule has 1 saturated heterocycles. The predicted molar refractivity (Wildman–Crippen MR) is 146 cm³/mol. The molecule has 0 radical (unpaired) electrons. The van der Waals surface area contributed by atoms with Crippen LogP contribution in [0.15, 0.2) is 36.7 Å². The lowest BCUT2D eigenvalue weighted by Gasteiger charge is -2.39. The SMILES string of the molecule is COc1cc(N)c(C(=N)c2ccc(N3CCN(C)C(CNC=O)C3)nc2)cc1OCc1c(C)cnnc1C.